The molecule has 1 aliphatic carbocycles. The number of anilines is 1. The van der Waals surface area contributed by atoms with Gasteiger partial charge in [-0.15, -0.1) is 0 Å². The van der Waals surface area contributed by atoms with E-state index in [2.05, 4.69) is 45.5 Å². The highest BCUT2D eigenvalue weighted by atomic mass is 79.9. The Bertz CT molecular complexity index is 756. The summed E-state index contributed by atoms with van der Waals surface area (Å²) in [5.74, 6) is 1.07. The quantitative estimate of drug-likeness (QED) is 0.499. The van der Waals surface area contributed by atoms with Gasteiger partial charge in [-0.25, -0.2) is 0 Å². The van der Waals surface area contributed by atoms with Crippen LogP contribution in [0.3, 0.4) is 0 Å². The average Bonchev–Trinajstić information content (AvgIpc) is 3.00. The van der Waals surface area contributed by atoms with Crippen LogP contribution >= 0.6 is 27.5 Å². The highest BCUT2D eigenvalue weighted by Gasteiger charge is 2.39. The first-order valence-electron chi connectivity index (χ1n) is 7.35. The zero-order chi connectivity index (χ0) is 15.3. The molecular formula is C18H15BrClNO. The highest BCUT2D eigenvalue weighted by Crippen LogP contribution is 2.54. The molecule has 2 N–H and O–H groups in total. The van der Waals surface area contributed by atoms with Crippen molar-refractivity contribution < 1.29 is 5.11 Å². The summed E-state index contributed by atoms with van der Waals surface area (Å²) < 4.78 is 1.05. The molecule has 0 radical (unpaired) electrons. The van der Waals surface area contributed by atoms with Crippen LogP contribution in [0.4, 0.5) is 5.69 Å². The smallest absolute Gasteiger partial charge is 0.139 e. The lowest BCUT2D eigenvalue weighted by Gasteiger charge is -2.38. The van der Waals surface area contributed by atoms with Crippen molar-refractivity contribution in [3.8, 4) is 5.75 Å². The van der Waals surface area contributed by atoms with E-state index in [4.69, 9.17) is 11.6 Å². The van der Waals surface area contributed by atoms with Crippen LogP contribution in [0.25, 0.3) is 0 Å². The average molecular weight is 377 g/mol. The predicted molar refractivity (Wildman–Crippen MR) is 93.6 cm³/mol. The molecule has 0 unspecified atom stereocenters. The number of phenols is 1. The van der Waals surface area contributed by atoms with Gasteiger partial charge in [0.2, 0.25) is 0 Å². The maximum atomic E-state index is 10.3. The molecule has 3 atom stereocenters. The summed E-state index contributed by atoms with van der Waals surface area (Å²) in [4.78, 5) is 0. The summed E-state index contributed by atoms with van der Waals surface area (Å²) in [6, 6.07) is 11.8. The van der Waals surface area contributed by atoms with E-state index in [1.165, 1.54) is 5.56 Å². The fourth-order valence-electron chi connectivity index (χ4n) is 3.65. The molecule has 2 aromatic carbocycles. The van der Waals surface area contributed by atoms with Crippen LogP contribution < -0.4 is 5.32 Å². The third kappa shape index (κ3) is 2.15. The SMILES string of the molecule is Oc1ccc(Br)c2c1N[C@H](c1ccc(Cl)cc1)[C@@H]1CC=C[C@H]21. The van der Waals surface area contributed by atoms with E-state index < -0.39 is 0 Å². The van der Waals surface area contributed by atoms with Gasteiger partial charge in [0, 0.05) is 21.0 Å². The van der Waals surface area contributed by atoms with Crippen LogP contribution in [0, 0.1) is 5.92 Å². The van der Waals surface area contributed by atoms with Crippen molar-refractivity contribution in [2.24, 2.45) is 5.92 Å². The highest BCUT2D eigenvalue weighted by molar-refractivity contribution is 9.10. The van der Waals surface area contributed by atoms with Gasteiger partial charge in [0.1, 0.15) is 5.75 Å². The summed E-state index contributed by atoms with van der Waals surface area (Å²) in [7, 11) is 0. The van der Waals surface area contributed by atoms with Crippen LogP contribution in [0.15, 0.2) is 53.0 Å². The third-order valence-corrected chi connectivity index (χ3v) is 5.62. The second-order valence-electron chi connectivity index (χ2n) is 5.88. The van der Waals surface area contributed by atoms with Crippen LogP contribution in [0.1, 0.15) is 29.5 Å². The molecule has 0 saturated carbocycles. The lowest BCUT2D eigenvalue weighted by molar-refractivity contribution is 0.414. The van der Waals surface area contributed by atoms with Crippen molar-refractivity contribution in [1.82, 2.24) is 0 Å². The Kier molecular flexibility index (Phi) is 3.43. The van der Waals surface area contributed by atoms with Crippen LogP contribution in [0.2, 0.25) is 5.02 Å². The normalized spacial score (nSPS) is 25.5. The van der Waals surface area contributed by atoms with Crippen LogP contribution in [-0.2, 0) is 0 Å². The number of fused-ring (bicyclic) bond motifs is 3. The van der Waals surface area contributed by atoms with Gasteiger partial charge in [0.25, 0.3) is 0 Å². The van der Waals surface area contributed by atoms with E-state index in [-0.39, 0.29) is 6.04 Å². The molecule has 1 aliphatic heterocycles. The number of phenolic OH excluding ortho intramolecular Hbond substituents is 1. The van der Waals surface area contributed by atoms with E-state index in [0.717, 1.165) is 27.2 Å². The molecule has 2 aliphatic rings. The molecule has 0 fully saturated rings. The third-order valence-electron chi connectivity index (χ3n) is 4.67. The number of rotatable bonds is 1. The molecule has 112 valence electrons. The first-order valence-corrected chi connectivity index (χ1v) is 8.52. The van der Waals surface area contributed by atoms with E-state index in [9.17, 15) is 5.11 Å². The van der Waals surface area contributed by atoms with Gasteiger partial charge >= 0.3 is 0 Å². The van der Waals surface area contributed by atoms with E-state index >= 15 is 0 Å². The second kappa shape index (κ2) is 5.32. The van der Waals surface area contributed by atoms with Gasteiger partial charge in [-0.1, -0.05) is 51.8 Å². The van der Waals surface area contributed by atoms with Gasteiger partial charge in [-0.2, -0.15) is 0 Å². The lowest BCUT2D eigenvalue weighted by Crippen LogP contribution is -2.29. The van der Waals surface area contributed by atoms with E-state index in [0.29, 0.717) is 17.6 Å². The Morgan fingerprint density at radius 3 is 2.68 bits per heavy atom. The minimum atomic E-state index is 0.171. The first-order chi connectivity index (χ1) is 10.6. The van der Waals surface area contributed by atoms with Crippen LogP contribution in [-0.4, -0.2) is 5.11 Å². The molecule has 0 saturated heterocycles. The molecule has 2 aromatic rings. The monoisotopic (exact) mass is 375 g/mol. The first kappa shape index (κ1) is 14.2. The van der Waals surface area contributed by atoms with Crippen molar-refractivity contribution in [3.05, 3.63) is 69.2 Å². The molecule has 0 spiro atoms. The van der Waals surface area contributed by atoms with E-state index in [1.54, 1.807) is 6.07 Å². The Morgan fingerprint density at radius 1 is 1.14 bits per heavy atom. The number of aromatic hydroxyl groups is 1. The molecule has 0 aromatic heterocycles. The Hall–Kier alpha value is -1.45. The fourth-order valence-corrected chi connectivity index (χ4v) is 4.37. The van der Waals surface area contributed by atoms with Gasteiger partial charge in [0.05, 0.1) is 11.7 Å². The van der Waals surface area contributed by atoms with Crippen molar-refractivity contribution in [3.63, 3.8) is 0 Å². The molecular weight excluding hydrogens is 362 g/mol. The molecule has 22 heavy (non-hydrogen) atoms. The fraction of sp³-hybridized carbons (Fsp3) is 0.222. The number of nitrogens with one attached hydrogen (secondary N) is 1. The number of halogens is 2. The largest absolute Gasteiger partial charge is 0.506 e. The maximum absolute atomic E-state index is 10.3. The zero-order valence-corrected chi connectivity index (χ0v) is 14.1. The molecule has 1 heterocycles. The second-order valence-corrected chi connectivity index (χ2v) is 7.17. The van der Waals surface area contributed by atoms with Crippen molar-refractivity contribution in [2.75, 3.05) is 5.32 Å². The number of benzene rings is 2. The Balaban J connectivity index is 1.84. The number of hydrogen-bond acceptors (Lipinski definition) is 2. The summed E-state index contributed by atoms with van der Waals surface area (Å²) in [5, 5.41) is 14.6. The summed E-state index contributed by atoms with van der Waals surface area (Å²) in [5.41, 5.74) is 3.19. The van der Waals surface area contributed by atoms with Crippen molar-refractivity contribution >= 4 is 33.2 Å². The molecule has 4 rings (SSSR count). The van der Waals surface area contributed by atoms with Gasteiger partial charge in [-0.3, -0.25) is 0 Å². The summed E-state index contributed by atoms with van der Waals surface area (Å²) >= 11 is 9.65. The van der Waals surface area contributed by atoms with Gasteiger partial charge in [0.15, 0.2) is 0 Å². The Labute approximate surface area is 142 Å². The minimum absolute atomic E-state index is 0.171. The lowest BCUT2D eigenvalue weighted by atomic mass is 9.77. The van der Waals surface area contributed by atoms with Crippen molar-refractivity contribution in [1.29, 1.82) is 0 Å². The standard InChI is InChI=1S/C18H15BrClNO/c19-14-8-9-15(22)18-16(14)12-2-1-3-13(12)17(21-18)10-4-6-11(20)7-5-10/h1-2,4-9,12-13,17,21-22H,3H2/t12-,13+,17+/m0/s1. The molecule has 0 amide bonds. The zero-order valence-electron chi connectivity index (χ0n) is 11.8. The summed E-state index contributed by atoms with van der Waals surface area (Å²) in [6.45, 7) is 0. The van der Waals surface area contributed by atoms with Gasteiger partial charge < -0.3 is 10.4 Å². The molecule has 4 heteroatoms. The van der Waals surface area contributed by atoms with Gasteiger partial charge in [-0.05, 0) is 42.2 Å². The van der Waals surface area contributed by atoms with Crippen LogP contribution in [0.5, 0.6) is 5.75 Å². The Morgan fingerprint density at radius 2 is 1.91 bits per heavy atom. The number of hydrogen-bond donors (Lipinski definition) is 2. The predicted octanol–water partition coefficient (Wildman–Crippen LogP) is 5.63. The molecule has 2 nitrogen and oxygen atoms in total. The minimum Gasteiger partial charge on any atom is -0.506 e. The van der Waals surface area contributed by atoms with Crippen molar-refractivity contribution in [2.45, 2.75) is 18.4 Å². The molecule has 0 bridgehead atoms. The summed E-state index contributed by atoms with van der Waals surface area (Å²) in [6.07, 6.45) is 5.54. The number of allylic oxidation sites excluding steroid dienone is 2. The maximum Gasteiger partial charge on any atom is 0.139 e. The topological polar surface area (TPSA) is 32.3 Å². The van der Waals surface area contributed by atoms with E-state index in [1.807, 2.05) is 18.2 Å².